The summed E-state index contributed by atoms with van der Waals surface area (Å²) in [5.41, 5.74) is 1.52. The van der Waals surface area contributed by atoms with Gasteiger partial charge >= 0.3 is 0 Å². The Balaban J connectivity index is 1.73. The Morgan fingerprint density at radius 1 is 1.27 bits per heavy atom. The molecule has 1 heterocycles. The molecule has 1 atom stereocenters. The summed E-state index contributed by atoms with van der Waals surface area (Å²) in [5.74, 6) is -0.127. The maximum atomic E-state index is 12.4. The summed E-state index contributed by atoms with van der Waals surface area (Å²) in [6, 6.07) is 15.2. The molecule has 1 amide bonds. The number of phenols is 1. The number of rotatable bonds is 5. The van der Waals surface area contributed by atoms with Gasteiger partial charge in [-0.15, -0.1) is 5.10 Å². The van der Waals surface area contributed by atoms with Gasteiger partial charge in [-0.25, -0.2) is 0 Å². The fourth-order valence-electron chi connectivity index (χ4n) is 2.14. The lowest BCUT2D eigenvalue weighted by Crippen LogP contribution is -2.23. The fourth-order valence-corrected chi connectivity index (χ4v) is 2.95. The minimum atomic E-state index is -0.497. The van der Waals surface area contributed by atoms with Crippen molar-refractivity contribution in [1.29, 1.82) is 5.26 Å². The minimum absolute atomic E-state index is 0.139. The second kappa shape index (κ2) is 7.67. The predicted octanol–water partition coefficient (Wildman–Crippen LogP) is 2.36. The van der Waals surface area contributed by atoms with E-state index in [2.05, 4.69) is 20.8 Å². The van der Waals surface area contributed by atoms with Crippen molar-refractivity contribution in [3.63, 3.8) is 0 Å². The number of nitriles is 1. The van der Waals surface area contributed by atoms with Gasteiger partial charge in [-0.1, -0.05) is 23.9 Å². The Labute approximate surface area is 153 Å². The number of nitrogens with zero attached hydrogens (tertiary/aromatic N) is 5. The predicted molar refractivity (Wildman–Crippen MR) is 95.9 cm³/mol. The van der Waals surface area contributed by atoms with Gasteiger partial charge in [0.1, 0.15) is 11.8 Å². The van der Waals surface area contributed by atoms with E-state index in [9.17, 15) is 9.90 Å². The molecule has 2 N–H and O–H groups in total. The first-order chi connectivity index (χ1) is 12.6. The van der Waals surface area contributed by atoms with Crippen molar-refractivity contribution in [2.75, 3.05) is 5.32 Å². The van der Waals surface area contributed by atoms with Crippen molar-refractivity contribution in [2.45, 2.75) is 17.3 Å². The summed E-state index contributed by atoms with van der Waals surface area (Å²) in [6.07, 6.45) is 0. The Morgan fingerprint density at radius 2 is 2.00 bits per heavy atom. The molecule has 0 unspecified atom stereocenters. The number of nitrogens with one attached hydrogen (secondary N) is 1. The van der Waals surface area contributed by atoms with Crippen molar-refractivity contribution >= 4 is 23.4 Å². The smallest absolute Gasteiger partial charge is 0.237 e. The third kappa shape index (κ3) is 3.81. The molecule has 0 saturated carbocycles. The quantitative estimate of drug-likeness (QED) is 0.666. The van der Waals surface area contributed by atoms with Crippen molar-refractivity contribution in [2.24, 2.45) is 0 Å². The van der Waals surface area contributed by atoms with Crippen molar-refractivity contribution in [3.8, 4) is 17.5 Å². The van der Waals surface area contributed by atoms with E-state index in [0.29, 0.717) is 22.1 Å². The summed E-state index contributed by atoms with van der Waals surface area (Å²) < 4.78 is 1.48. The molecule has 26 heavy (non-hydrogen) atoms. The lowest BCUT2D eigenvalue weighted by atomic mass is 10.2. The molecule has 3 rings (SSSR count). The number of carbonyl (C=O) groups is 1. The number of anilines is 1. The molecule has 0 radical (unpaired) electrons. The van der Waals surface area contributed by atoms with Crippen molar-refractivity contribution in [3.05, 3.63) is 54.1 Å². The average Bonchev–Trinajstić information content (AvgIpc) is 3.10. The Kier molecular flexibility index (Phi) is 5.15. The molecule has 0 aliphatic rings. The second-order valence-electron chi connectivity index (χ2n) is 5.30. The topological polar surface area (TPSA) is 117 Å². The summed E-state index contributed by atoms with van der Waals surface area (Å²) in [4.78, 5) is 12.4. The number of thioether (sulfide) groups is 1. The lowest BCUT2D eigenvalue weighted by Gasteiger charge is -2.12. The number of aromatic nitrogens is 4. The highest BCUT2D eigenvalue weighted by molar-refractivity contribution is 8.00. The van der Waals surface area contributed by atoms with E-state index in [0.717, 1.165) is 0 Å². The Hall–Kier alpha value is -3.38. The van der Waals surface area contributed by atoms with Crippen molar-refractivity contribution < 1.29 is 9.90 Å². The average molecular weight is 366 g/mol. The Morgan fingerprint density at radius 3 is 2.73 bits per heavy atom. The monoisotopic (exact) mass is 366 g/mol. The van der Waals surface area contributed by atoms with Crippen molar-refractivity contribution in [1.82, 2.24) is 20.2 Å². The molecule has 0 aliphatic heterocycles. The first-order valence-electron chi connectivity index (χ1n) is 7.63. The zero-order valence-corrected chi connectivity index (χ0v) is 14.5. The maximum Gasteiger partial charge on any atom is 0.237 e. The molecule has 8 nitrogen and oxygen atoms in total. The first-order valence-corrected chi connectivity index (χ1v) is 8.51. The van der Waals surface area contributed by atoms with Crippen LogP contribution in [-0.4, -0.2) is 36.5 Å². The molecule has 0 bridgehead atoms. The number of hydrogen-bond donors (Lipinski definition) is 2. The van der Waals surface area contributed by atoms with Crippen LogP contribution in [0.15, 0.2) is 53.7 Å². The van der Waals surface area contributed by atoms with E-state index >= 15 is 0 Å². The number of phenolic OH excluding ortho intramolecular Hbond substituents is 1. The van der Waals surface area contributed by atoms with Crippen LogP contribution in [0.4, 0.5) is 5.69 Å². The van der Waals surface area contributed by atoms with Gasteiger partial charge in [-0.2, -0.15) is 9.94 Å². The molecule has 0 fully saturated rings. The highest BCUT2D eigenvalue weighted by atomic mass is 32.2. The van der Waals surface area contributed by atoms with Gasteiger partial charge in [0.25, 0.3) is 0 Å². The number of aromatic hydroxyl groups is 1. The molecule has 2 aromatic carbocycles. The Bertz CT molecular complexity index is 964. The molecule has 9 heteroatoms. The van der Waals surface area contributed by atoms with E-state index in [4.69, 9.17) is 5.26 Å². The van der Waals surface area contributed by atoms with Gasteiger partial charge in [0.05, 0.1) is 22.2 Å². The zero-order chi connectivity index (χ0) is 18.5. The van der Waals surface area contributed by atoms with Gasteiger partial charge in [-0.05, 0) is 53.7 Å². The highest BCUT2D eigenvalue weighted by Gasteiger charge is 2.20. The molecule has 130 valence electrons. The normalized spacial score (nSPS) is 11.5. The zero-order valence-electron chi connectivity index (χ0n) is 13.7. The van der Waals surface area contributed by atoms with Crippen LogP contribution in [0.2, 0.25) is 0 Å². The second-order valence-corrected chi connectivity index (χ2v) is 6.60. The first kappa shape index (κ1) is 17.4. The van der Waals surface area contributed by atoms with Gasteiger partial charge < -0.3 is 10.4 Å². The van der Waals surface area contributed by atoms with Crippen LogP contribution in [0.1, 0.15) is 12.5 Å². The summed E-state index contributed by atoms with van der Waals surface area (Å²) in [6.45, 7) is 1.73. The molecule has 0 spiro atoms. The van der Waals surface area contributed by atoms with Gasteiger partial charge in [0.2, 0.25) is 11.1 Å². The van der Waals surface area contributed by atoms with Gasteiger partial charge in [-0.3, -0.25) is 4.79 Å². The standard InChI is InChI=1S/C17H14N6O2S/c1-11(16(25)19-15-5-3-2-4-12(15)10-18)26-17-20-21-22-23(17)13-6-8-14(24)9-7-13/h2-9,11,24H,1H3,(H,19,25)/t11-/m0/s1. The highest BCUT2D eigenvalue weighted by Crippen LogP contribution is 2.25. The number of tetrazole rings is 1. The minimum Gasteiger partial charge on any atom is -0.508 e. The lowest BCUT2D eigenvalue weighted by molar-refractivity contribution is -0.115. The van der Waals surface area contributed by atoms with E-state index in [-0.39, 0.29) is 11.7 Å². The molecule has 1 aromatic heterocycles. The largest absolute Gasteiger partial charge is 0.508 e. The van der Waals surface area contributed by atoms with Crippen LogP contribution in [0, 0.1) is 11.3 Å². The van der Waals surface area contributed by atoms with E-state index in [1.165, 1.54) is 28.6 Å². The SMILES string of the molecule is C[C@H](Sc1nnnn1-c1ccc(O)cc1)C(=O)Nc1ccccc1C#N. The molecular weight excluding hydrogens is 352 g/mol. The third-order valence-corrected chi connectivity index (χ3v) is 4.53. The number of benzene rings is 2. The van der Waals surface area contributed by atoms with Crippen LogP contribution in [0.5, 0.6) is 5.75 Å². The van der Waals surface area contributed by atoms with E-state index in [1.807, 2.05) is 6.07 Å². The fraction of sp³-hybridized carbons (Fsp3) is 0.118. The number of amides is 1. The van der Waals surface area contributed by atoms with Crippen LogP contribution in [-0.2, 0) is 4.79 Å². The molecule has 0 aliphatic carbocycles. The molecular formula is C17H14N6O2S. The third-order valence-electron chi connectivity index (χ3n) is 3.49. The van der Waals surface area contributed by atoms with E-state index in [1.54, 1.807) is 43.3 Å². The number of hydrogen-bond acceptors (Lipinski definition) is 7. The van der Waals surface area contributed by atoms with Crippen LogP contribution in [0.3, 0.4) is 0 Å². The van der Waals surface area contributed by atoms with Crippen LogP contribution >= 0.6 is 11.8 Å². The van der Waals surface area contributed by atoms with Gasteiger partial charge in [0, 0.05) is 0 Å². The number of para-hydroxylation sites is 1. The van der Waals surface area contributed by atoms with Crippen LogP contribution in [0.25, 0.3) is 5.69 Å². The van der Waals surface area contributed by atoms with Gasteiger partial charge in [0.15, 0.2) is 0 Å². The maximum absolute atomic E-state index is 12.4. The number of carbonyl (C=O) groups excluding carboxylic acids is 1. The molecule has 0 saturated heterocycles. The summed E-state index contributed by atoms with van der Waals surface area (Å²) in [5, 5.41) is 32.7. The summed E-state index contributed by atoms with van der Waals surface area (Å²) >= 11 is 1.19. The molecule has 3 aromatic rings. The summed E-state index contributed by atoms with van der Waals surface area (Å²) in [7, 11) is 0. The van der Waals surface area contributed by atoms with Crippen LogP contribution < -0.4 is 5.32 Å². The van der Waals surface area contributed by atoms with E-state index < -0.39 is 5.25 Å².